The third kappa shape index (κ3) is 5.11. The van der Waals surface area contributed by atoms with Gasteiger partial charge in [0.15, 0.2) is 0 Å². The van der Waals surface area contributed by atoms with Crippen LogP contribution in [0.5, 0.6) is 0 Å². The molecule has 3 fully saturated rings. The standard InChI is InChI=1S/C37H43N5O2/c1-25-12-13-27(35(38)43)22-32(25)36(44)40-19-16-37(17-20-40,28-8-4-3-5-9-28)18-21-41-29-14-15-30(41)24-31(23-29)42-26(2)39-33-10-6-7-11-34(33)42/h3-13,22,29-31H,14-21,23-24H2,1-2H3,(H2,38,43)/t29-,30+,31?. The Hall–Kier alpha value is -3.97. The quantitative estimate of drug-likeness (QED) is 0.279. The molecule has 44 heavy (non-hydrogen) atoms. The number of carbonyl (C=O) groups excluding carboxylic acids is 2. The fourth-order valence-corrected chi connectivity index (χ4v) is 8.58. The number of aryl methyl sites for hydroxylation is 2. The van der Waals surface area contributed by atoms with Crippen LogP contribution >= 0.6 is 0 Å². The second-order valence-electron chi connectivity index (χ2n) is 13.3. The molecule has 3 aliphatic heterocycles. The predicted molar refractivity (Wildman–Crippen MR) is 174 cm³/mol. The highest BCUT2D eigenvalue weighted by Crippen LogP contribution is 2.45. The number of piperidine rings is 2. The molecule has 1 aromatic heterocycles. The van der Waals surface area contributed by atoms with Gasteiger partial charge < -0.3 is 15.2 Å². The van der Waals surface area contributed by atoms with Gasteiger partial charge in [0.2, 0.25) is 5.91 Å². The zero-order chi connectivity index (χ0) is 30.4. The SMILES string of the molecule is Cc1ccc(C(N)=O)cc1C(=O)N1CCC(CCN2[C@@H]3CC[C@H]2CC(n2c(C)nc4ccccc42)C3)(c2ccccc2)CC1. The lowest BCUT2D eigenvalue weighted by Gasteiger charge is -2.45. The minimum absolute atomic E-state index is 0.00491. The monoisotopic (exact) mass is 589 g/mol. The van der Waals surface area contributed by atoms with Gasteiger partial charge in [-0.25, -0.2) is 4.98 Å². The average molecular weight is 590 g/mol. The first kappa shape index (κ1) is 28.8. The summed E-state index contributed by atoms with van der Waals surface area (Å²) < 4.78 is 2.51. The number of amides is 2. The number of nitrogens with two attached hydrogens (primary N) is 1. The molecule has 4 aromatic rings. The zero-order valence-corrected chi connectivity index (χ0v) is 25.9. The van der Waals surface area contributed by atoms with Gasteiger partial charge in [-0.2, -0.15) is 0 Å². The lowest BCUT2D eigenvalue weighted by molar-refractivity contribution is 0.0606. The summed E-state index contributed by atoms with van der Waals surface area (Å²) in [5, 5.41) is 0. The van der Waals surface area contributed by atoms with Crippen molar-refractivity contribution in [3.8, 4) is 0 Å². The Morgan fingerprint density at radius 2 is 1.57 bits per heavy atom. The number of para-hydroxylation sites is 2. The molecular formula is C37H43N5O2. The summed E-state index contributed by atoms with van der Waals surface area (Å²) in [6, 6.07) is 26.4. The van der Waals surface area contributed by atoms with Crippen LogP contribution in [0.4, 0.5) is 0 Å². The van der Waals surface area contributed by atoms with E-state index in [-0.39, 0.29) is 11.3 Å². The van der Waals surface area contributed by atoms with Crippen molar-refractivity contribution >= 4 is 22.8 Å². The number of likely N-dealkylation sites (tertiary alicyclic amines) is 1. The van der Waals surface area contributed by atoms with Gasteiger partial charge >= 0.3 is 0 Å². The Morgan fingerprint density at radius 1 is 0.886 bits per heavy atom. The normalized spacial score (nSPS) is 23.2. The number of hydrogen-bond donors (Lipinski definition) is 1. The van der Waals surface area contributed by atoms with Gasteiger partial charge in [0, 0.05) is 42.3 Å². The fraction of sp³-hybridized carbons (Fsp3) is 0.432. The van der Waals surface area contributed by atoms with Crippen LogP contribution < -0.4 is 5.73 Å². The average Bonchev–Trinajstić information content (AvgIpc) is 3.50. The molecule has 3 aliphatic rings. The Morgan fingerprint density at radius 3 is 2.27 bits per heavy atom. The van der Waals surface area contributed by atoms with E-state index in [0.29, 0.717) is 42.3 Å². The van der Waals surface area contributed by atoms with Crippen molar-refractivity contribution in [1.82, 2.24) is 19.4 Å². The van der Waals surface area contributed by atoms with E-state index in [1.807, 2.05) is 17.9 Å². The third-order valence-corrected chi connectivity index (χ3v) is 11.0. The van der Waals surface area contributed by atoms with Crippen LogP contribution in [0.15, 0.2) is 72.8 Å². The largest absolute Gasteiger partial charge is 0.366 e. The first-order valence-corrected chi connectivity index (χ1v) is 16.3. The summed E-state index contributed by atoms with van der Waals surface area (Å²) in [5.41, 5.74) is 11.1. The number of aromatic nitrogens is 2. The number of imidazole rings is 1. The molecule has 4 heterocycles. The Bertz CT molecular complexity index is 1670. The number of primary amides is 1. The predicted octanol–water partition coefficient (Wildman–Crippen LogP) is 6.18. The zero-order valence-electron chi connectivity index (χ0n) is 25.9. The van der Waals surface area contributed by atoms with Crippen molar-refractivity contribution in [3.63, 3.8) is 0 Å². The van der Waals surface area contributed by atoms with Gasteiger partial charge in [0.1, 0.15) is 5.82 Å². The van der Waals surface area contributed by atoms with Gasteiger partial charge in [0.05, 0.1) is 11.0 Å². The maximum Gasteiger partial charge on any atom is 0.254 e. The minimum Gasteiger partial charge on any atom is -0.366 e. The molecule has 0 saturated carbocycles. The summed E-state index contributed by atoms with van der Waals surface area (Å²) in [4.78, 5) is 35.1. The Balaban J connectivity index is 1.07. The molecule has 3 aromatic carbocycles. The van der Waals surface area contributed by atoms with Crippen LogP contribution in [0.2, 0.25) is 0 Å². The molecule has 7 rings (SSSR count). The molecule has 0 aliphatic carbocycles. The molecule has 7 nitrogen and oxygen atoms in total. The number of carbonyl (C=O) groups is 2. The summed E-state index contributed by atoms with van der Waals surface area (Å²) >= 11 is 0. The van der Waals surface area contributed by atoms with Crippen molar-refractivity contribution in [3.05, 3.63) is 101 Å². The lowest BCUT2D eigenvalue weighted by Crippen LogP contribution is -2.49. The summed E-state index contributed by atoms with van der Waals surface area (Å²) in [6.45, 7) is 6.58. The van der Waals surface area contributed by atoms with Crippen molar-refractivity contribution < 1.29 is 9.59 Å². The maximum atomic E-state index is 13.6. The second-order valence-corrected chi connectivity index (χ2v) is 13.3. The van der Waals surface area contributed by atoms with Crippen molar-refractivity contribution in [2.24, 2.45) is 5.73 Å². The number of hydrogen-bond acceptors (Lipinski definition) is 4. The molecule has 1 unspecified atom stereocenters. The van der Waals surface area contributed by atoms with E-state index in [0.717, 1.165) is 42.7 Å². The highest BCUT2D eigenvalue weighted by molar-refractivity contribution is 6.00. The molecule has 3 saturated heterocycles. The first-order chi connectivity index (χ1) is 21.3. The lowest BCUT2D eigenvalue weighted by atomic mass is 9.70. The Labute approximate surface area is 260 Å². The van der Waals surface area contributed by atoms with Crippen LogP contribution in [-0.2, 0) is 5.41 Å². The van der Waals surface area contributed by atoms with E-state index >= 15 is 0 Å². The van der Waals surface area contributed by atoms with E-state index in [4.69, 9.17) is 10.7 Å². The first-order valence-electron chi connectivity index (χ1n) is 16.3. The van der Waals surface area contributed by atoms with Crippen LogP contribution in [0.25, 0.3) is 11.0 Å². The molecular weight excluding hydrogens is 546 g/mol. The van der Waals surface area contributed by atoms with Crippen molar-refractivity contribution in [1.29, 1.82) is 0 Å². The van der Waals surface area contributed by atoms with Crippen molar-refractivity contribution in [2.75, 3.05) is 19.6 Å². The smallest absolute Gasteiger partial charge is 0.254 e. The van der Waals surface area contributed by atoms with Gasteiger partial charge in [0.25, 0.3) is 5.91 Å². The fourth-order valence-electron chi connectivity index (χ4n) is 8.58. The maximum absolute atomic E-state index is 13.6. The number of fused-ring (bicyclic) bond motifs is 3. The highest BCUT2D eigenvalue weighted by Gasteiger charge is 2.44. The van der Waals surface area contributed by atoms with Gasteiger partial charge in [-0.1, -0.05) is 48.5 Å². The van der Waals surface area contributed by atoms with Gasteiger partial charge in [-0.3, -0.25) is 14.5 Å². The van der Waals surface area contributed by atoms with Crippen LogP contribution in [-0.4, -0.2) is 62.9 Å². The molecule has 2 N–H and O–H groups in total. The minimum atomic E-state index is -0.507. The summed E-state index contributed by atoms with van der Waals surface area (Å²) in [5.74, 6) is 0.618. The van der Waals surface area contributed by atoms with E-state index < -0.39 is 5.91 Å². The number of benzene rings is 3. The highest BCUT2D eigenvalue weighted by atomic mass is 16.2. The second kappa shape index (κ2) is 11.5. The molecule has 0 spiro atoms. The van der Waals surface area contributed by atoms with Crippen LogP contribution in [0.3, 0.4) is 0 Å². The van der Waals surface area contributed by atoms with Gasteiger partial charge in [-0.05, 0) is 106 Å². The molecule has 2 bridgehead atoms. The van der Waals surface area contributed by atoms with E-state index in [1.165, 1.54) is 36.8 Å². The molecule has 228 valence electrons. The van der Waals surface area contributed by atoms with E-state index in [1.54, 1.807) is 12.1 Å². The van der Waals surface area contributed by atoms with Gasteiger partial charge in [-0.15, -0.1) is 0 Å². The topological polar surface area (TPSA) is 84.5 Å². The van der Waals surface area contributed by atoms with Crippen LogP contribution in [0.1, 0.15) is 88.7 Å². The van der Waals surface area contributed by atoms with Crippen LogP contribution in [0, 0.1) is 13.8 Å². The number of nitrogens with zero attached hydrogens (tertiary/aromatic N) is 4. The number of rotatable bonds is 7. The Kier molecular flexibility index (Phi) is 7.53. The molecule has 3 atom stereocenters. The van der Waals surface area contributed by atoms with E-state index in [2.05, 4.69) is 71.0 Å². The van der Waals surface area contributed by atoms with Crippen molar-refractivity contribution in [2.45, 2.75) is 82.3 Å². The molecule has 0 radical (unpaired) electrons. The third-order valence-electron chi connectivity index (χ3n) is 11.0. The molecule has 7 heteroatoms. The molecule has 2 amide bonds. The summed E-state index contributed by atoms with van der Waals surface area (Å²) in [7, 11) is 0. The summed E-state index contributed by atoms with van der Waals surface area (Å²) in [6.07, 6.45) is 7.88. The van der Waals surface area contributed by atoms with E-state index in [9.17, 15) is 9.59 Å².